The lowest BCUT2D eigenvalue weighted by molar-refractivity contribution is 0.0952. The minimum absolute atomic E-state index is 0.0253. The third kappa shape index (κ3) is 5.54. The van der Waals surface area contributed by atoms with Crippen LogP contribution in [0.1, 0.15) is 30.6 Å². The van der Waals surface area contributed by atoms with Crippen LogP contribution in [0.5, 0.6) is 5.75 Å². The lowest BCUT2D eigenvalue weighted by Gasteiger charge is -2.08. The second-order valence-electron chi connectivity index (χ2n) is 4.50. The highest BCUT2D eigenvalue weighted by molar-refractivity contribution is 9.09. The Bertz CT molecular complexity index is 363. The number of hydrogen-bond donors (Lipinski definition) is 1. The van der Waals surface area contributed by atoms with E-state index in [-0.39, 0.29) is 5.91 Å². The normalized spacial score (nSPS) is 10.4. The molecule has 0 saturated carbocycles. The van der Waals surface area contributed by atoms with Crippen LogP contribution in [0.3, 0.4) is 0 Å². The Labute approximate surface area is 117 Å². The number of rotatable bonds is 7. The minimum atomic E-state index is -0.0253. The van der Waals surface area contributed by atoms with Crippen LogP contribution in [-0.4, -0.2) is 24.4 Å². The maximum Gasteiger partial charge on any atom is 0.251 e. The first-order chi connectivity index (χ1) is 8.63. The smallest absolute Gasteiger partial charge is 0.251 e. The summed E-state index contributed by atoms with van der Waals surface area (Å²) in [7, 11) is 0. The van der Waals surface area contributed by atoms with Gasteiger partial charge in [-0.15, -0.1) is 0 Å². The van der Waals surface area contributed by atoms with Gasteiger partial charge in [0.25, 0.3) is 5.91 Å². The summed E-state index contributed by atoms with van der Waals surface area (Å²) in [5.74, 6) is 1.36. The topological polar surface area (TPSA) is 38.3 Å². The molecule has 0 unspecified atom stereocenters. The maximum atomic E-state index is 11.8. The molecule has 0 atom stereocenters. The van der Waals surface area contributed by atoms with E-state index in [1.54, 1.807) is 12.1 Å². The van der Waals surface area contributed by atoms with E-state index in [0.29, 0.717) is 18.1 Å². The molecule has 0 saturated heterocycles. The lowest BCUT2D eigenvalue weighted by Crippen LogP contribution is -2.25. The summed E-state index contributed by atoms with van der Waals surface area (Å²) >= 11 is 3.30. The van der Waals surface area contributed by atoms with Gasteiger partial charge in [0.2, 0.25) is 0 Å². The molecule has 0 aromatic heterocycles. The first kappa shape index (κ1) is 15.0. The zero-order valence-electron chi connectivity index (χ0n) is 10.9. The Balaban J connectivity index is 2.43. The van der Waals surface area contributed by atoms with Crippen molar-refractivity contribution in [2.45, 2.75) is 20.3 Å². The summed E-state index contributed by atoms with van der Waals surface area (Å²) in [6.07, 6.45) is 0.998. The number of nitrogens with one attached hydrogen (secondary N) is 1. The predicted octanol–water partition coefficient (Wildman–Crippen LogP) is 3.24. The van der Waals surface area contributed by atoms with Crippen LogP contribution in [0.15, 0.2) is 24.3 Å². The number of benzene rings is 1. The van der Waals surface area contributed by atoms with Crippen molar-refractivity contribution in [3.63, 3.8) is 0 Å². The molecule has 0 radical (unpaired) electrons. The molecule has 1 rings (SSSR count). The molecule has 4 heteroatoms. The van der Waals surface area contributed by atoms with E-state index in [0.717, 1.165) is 24.0 Å². The lowest BCUT2D eigenvalue weighted by atomic mass is 10.1. The fourth-order valence-electron chi connectivity index (χ4n) is 1.44. The Hall–Kier alpha value is -1.03. The Morgan fingerprint density at radius 3 is 2.56 bits per heavy atom. The standard InChI is InChI=1S/C14H20BrNO2/c1-11(2)7-9-16-14(17)12-3-5-13(6-4-12)18-10-8-15/h3-6,11H,7-10H2,1-2H3,(H,16,17). The molecule has 0 spiro atoms. The monoisotopic (exact) mass is 313 g/mol. The SMILES string of the molecule is CC(C)CCNC(=O)c1ccc(OCCBr)cc1. The van der Waals surface area contributed by atoms with Gasteiger partial charge in [0.05, 0.1) is 6.61 Å². The number of alkyl halides is 1. The molecular formula is C14H20BrNO2. The van der Waals surface area contributed by atoms with Crippen molar-refractivity contribution in [3.8, 4) is 5.75 Å². The first-order valence-corrected chi connectivity index (χ1v) is 7.32. The van der Waals surface area contributed by atoms with Crippen LogP contribution in [-0.2, 0) is 0 Å². The zero-order valence-corrected chi connectivity index (χ0v) is 12.5. The molecule has 0 heterocycles. The average Bonchev–Trinajstić information content (AvgIpc) is 2.36. The molecule has 1 N–H and O–H groups in total. The first-order valence-electron chi connectivity index (χ1n) is 6.20. The number of ether oxygens (including phenoxy) is 1. The van der Waals surface area contributed by atoms with E-state index in [4.69, 9.17) is 4.74 Å². The van der Waals surface area contributed by atoms with Crippen LogP contribution in [0, 0.1) is 5.92 Å². The van der Waals surface area contributed by atoms with Gasteiger partial charge in [0, 0.05) is 17.4 Å². The maximum absolute atomic E-state index is 11.8. The molecule has 100 valence electrons. The second kappa shape index (κ2) is 8.14. The highest BCUT2D eigenvalue weighted by Crippen LogP contribution is 2.12. The Morgan fingerprint density at radius 1 is 1.33 bits per heavy atom. The molecule has 3 nitrogen and oxygen atoms in total. The van der Waals surface area contributed by atoms with E-state index >= 15 is 0 Å². The summed E-state index contributed by atoms with van der Waals surface area (Å²) in [5.41, 5.74) is 0.671. The average molecular weight is 314 g/mol. The Kier molecular flexibility index (Phi) is 6.80. The van der Waals surface area contributed by atoms with Gasteiger partial charge in [-0.25, -0.2) is 0 Å². The van der Waals surface area contributed by atoms with Crippen molar-refractivity contribution in [2.75, 3.05) is 18.5 Å². The van der Waals surface area contributed by atoms with E-state index in [9.17, 15) is 4.79 Å². The summed E-state index contributed by atoms with van der Waals surface area (Å²) < 4.78 is 5.42. The fourth-order valence-corrected chi connectivity index (χ4v) is 1.60. The number of carbonyl (C=O) groups is 1. The molecule has 0 fully saturated rings. The van der Waals surface area contributed by atoms with Gasteiger partial charge in [-0.2, -0.15) is 0 Å². The summed E-state index contributed by atoms with van der Waals surface area (Å²) in [4.78, 5) is 11.8. The van der Waals surface area contributed by atoms with Gasteiger partial charge < -0.3 is 10.1 Å². The van der Waals surface area contributed by atoms with Crippen molar-refractivity contribution in [2.24, 2.45) is 5.92 Å². The van der Waals surface area contributed by atoms with Crippen LogP contribution in [0.25, 0.3) is 0 Å². The van der Waals surface area contributed by atoms with E-state index in [1.807, 2.05) is 12.1 Å². The summed E-state index contributed by atoms with van der Waals surface area (Å²) in [6.45, 7) is 5.63. The number of halogens is 1. The molecular weight excluding hydrogens is 294 g/mol. The zero-order chi connectivity index (χ0) is 13.4. The van der Waals surface area contributed by atoms with Crippen LogP contribution in [0.2, 0.25) is 0 Å². The van der Waals surface area contributed by atoms with Crippen molar-refractivity contribution in [1.29, 1.82) is 0 Å². The van der Waals surface area contributed by atoms with Crippen LogP contribution >= 0.6 is 15.9 Å². The molecule has 18 heavy (non-hydrogen) atoms. The van der Waals surface area contributed by atoms with Gasteiger partial charge in [0.15, 0.2) is 0 Å². The third-order valence-electron chi connectivity index (χ3n) is 2.47. The van der Waals surface area contributed by atoms with E-state index in [2.05, 4.69) is 35.1 Å². The molecule has 1 aromatic rings. The number of carbonyl (C=O) groups excluding carboxylic acids is 1. The number of amides is 1. The minimum Gasteiger partial charge on any atom is -0.493 e. The van der Waals surface area contributed by atoms with Crippen molar-refractivity contribution in [3.05, 3.63) is 29.8 Å². The second-order valence-corrected chi connectivity index (χ2v) is 5.29. The van der Waals surface area contributed by atoms with Gasteiger partial charge in [-0.3, -0.25) is 4.79 Å². The predicted molar refractivity (Wildman–Crippen MR) is 77.5 cm³/mol. The third-order valence-corrected chi connectivity index (χ3v) is 2.79. The van der Waals surface area contributed by atoms with E-state index in [1.165, 1.54) is 0 Å². The summed E-state index contributed by atoms with van der Waals surface area (Å²) in [6, 6.07) is 7.21. The van der Waals surface area contributed by atoms with E-state index < -0.39 is 0 Å². The van der Waals surface area contributed by atoms with Gasteiger partial charge in [0.1, 0.15) is 5.75 Å². The van der Waals surface area contributed by atoms with Crippen LogP contribution < -0.4 is 10.1 Å². The largest absolute Gasteiger partial charge is 0.493 e. The van der Waals surface area contributed by atoms with Gasteiger partial charge in [-0.1, -0.05) is 29.8 Å². The van der Waals surface area contributed by atoms with Gasteiger partial charge >= 0.3 is 0 Å². The molecule has 1 aromatic carbocycles. The van der Waals surface area contributed by atoms with Crippen molar-refractivity contribution in [1.82, 2.24) is 5.32 Å². The summed E-state index contributed by atoms with van der Waals surface area (Å²) in [5, 5.41) is 3.70. The van der Waals surface area contributed by atoms with Crippen molar-refractivity contribution < 1.29 is 9.53 Å². The highest BCUT2D eigenvalue weighted by Gasteiger charge is 2.05. The molecule has 0 aliphatic rings. The molecule has 0 aliphatic heterocycles. The molecule has 0 aliphatic carbocycles. The molecule has 1 amide bonds. The molecule has 0 bridgehead atoms. The highest BCUT2D eigenvalue weighted by atomic mass is 79.9. The Morgan fingerprint density at radius 2 is 2.00 bits per heavy atom. The van der Waals surface area contributed by atoms with Crippen LogP contribution in [0.4, 0.5) is 0 Å². The quantitative estimate of drug-likeness (QED) is 0.785. The number of hydrogen-bond acceptors (Lipinski definition) is 2. The van der Waals surface area contributed by atoms with Gasteiger partial charge in [-0.05, 0) is 36.6 Å². The van der Waals surface area contributed by atoms with Crippen molar-refractivity contribution >= 4 is 21.8 Å². The fraction of sp³-hybridized carbons (Fsp3) is 0.500.